The lowest BCUT2D eigenvalue weighted by Gasteiger charge is -2.33. The van der Waals surface area contributed by atoms with Gasteiger partial charge in [0.15, 0.2) is 6.04 Å². The Kier molecular flexibility index (Phi) is 5.65. The maximum atomic E-state index is 13.4. The molecule has 1 aromatic carbocycles. The fourth-order valence-corrected chi connectivity index (χ4v) is 4.33. The van der Waals surface area contributed by atoms with Gasteiger partial charge in [-0.15, -0.1) is 11.3 Å². The van der Waals surface area contributed by atoms with Crippen LogP contribution < -0.4 is 14.4 Å². The van der Waals surface area contributed by atoms with E-state index >= 15 is 0 Å². The third-order valence-electron chi connectivity index (χ3n) is 4.97. The highest BCUT2D eigenvalue weighted by Gasteiger charge is 2.46. The predicted octanol–water partition coefficient (Wildman–Crippen LogP) is 4.99. The Labute approximate surface area is 180 Å². The number of carbonyl (C=O) groups excluding carboxylic acids is 1. The molecule has 10 heteroatoms. The molecule has 1 unspecified atom stereocenters. The Morgan fingerprint density at radius 3 is 2.77 bits per heavy atom. The molecule has 0 spiro atoms. The molecule has 164 valence electrons. The number of amides is 1. The minimum Gasteiger partial charge on any atom is -0.497 e. The molecule has 0 N–H and O–H groups in total. The molecule has 0 bridgehead atoms. The van der Waals surface area contributed by atoms with E-state index in [2.05, 4.69) is 5.10 Å². The van der Waals surface area contributed by atoms with Gasteiger partial charge in [-0.2, -0.15) is 18.3 Å². The van der Waals surface area contributed by atoms with Gasteiger partial charge >= 0.3 is 6.18 Å². The Morgan fingerprint density at radius 1 is 1.26 bits per heavy atom. The molecular weight excluding hydrogens is 431 g/mol. The van der Waals surface area contributed by atoms with E-state index in [0.717, 1.165) is 10.2 Å². The van der Waals surface area contributed by atoms with Crippen molar-refractivity contribution in [2.24, 2.45) is 0 Å². The molecule has 0 radical (unpaired) electrons. The van der Waals surface area contributed by atoms with E-state index in [1.807, 2.05) is 12.1 Å². The van der Waals surface area contributed by atoms with Crippen LogP contribution in [0.1, 0.15) is 33.4 Å². The molecule has 0 fully saturated rings. The van der Waals surface area contributed by atoms with Crippen LogP contribution >= 0.6 is 11.3 Å². The highest BCUT2D eigenvalue weighted by Crippen LogP contribution is 2.40. The molecule has 3 aromatic rings. The highest BCUT2D eigenvalue weighted by atomic mass is 32.1. The van der Waals surface area contributed by atoms with Crippen molar-refractivity contribution in [2.45, 2.75) is 32.2 Å². The molecule has 4 rings (SSSR count). The van der Waals surface area contributed by atoms with E-state index in [0.29, 0.717) is 22.1 Å². The number of carbonyl (C=O) groups is 1. The van der Waals surface area contributed by atoms with Crippen molar-refractivity contribution in [2.75, 3.05) is 18.6 Å². The largest absolute Gasteiger partial charge is 0.497 e. The first-order valence-electron chi connectivity index (χ1n) is 9.55. The van der Waals surface area contributed by atoms with Crippen LogP contribution in [0.4, 0.5) is 19.0 Å². The lowest BCUT2D eigenvalue weighted by atomic mass is 10.1. The van der Waals surface area contributed by atoms with Gasteiger partial charge in [-0.05, 0) is 36.9 Å². The van der Waals surface area contributed by atoms with Crippen molar-refractivity contribution in [3.63, 3.8) is 0 Å². The van der Waals surface area contributed by atoms with Gasteiger partial charge in [0.1, 0.15) is 23.9 Å². The molecule has 1 aliphatic heterocycles. The van der Waals surface area contributed by atoms with Gasteiger partial charge < -0.3 is 9.47 Å². The summed E-state index contributed by atoms with van der Waals surface area (Å²) < 4.78 is 51.9. The number of hydrogen-bond donors (Lipinski definition) is 0. The summed E-state index contributed by atoms with van der Waals surface area (Å²) in [5.74, 6) is 1.12. The van der Waals surface area contributed by atoms with Crippen LogP contribution in [-0.2, 0) is 6.61 Å². The summed E-state index contributed by atoms with van der Waals surface area (Å²) in [4.78, 5) is 14.8. The summed E-state index contributed by atoms with van der Waals surface area (Å²) in [6, 6.07) is 8.67. The van der Waals surface area contributed by atoms with Crippen molar-refractivity contribution in [1.82, 2.24) is 9.78 Å². The van der Waals surface area contributed by atoms with E-state index in [1.165, 1.54) is 22.3 Å². The van der Waals surface area contributed by atoms with Crippen LogP contribution in [0.25, 0.3) is 0 Å². The van der Waals surface area contributed by atoms with Gasteiger partial charge in [-0.3, -0.25) is 9.69 Å². The van der Waals surface area contributed by atoms with Crippen LogP contribution in [-0.4, -0.2) is 35.5 Å². The summed E-state index contributed by atoms with van der Waals surface area (Å²) in [5, 5.41) is 5.79. The SMILES string of the molecule is COc1cccc(OCc2csc(C(=O)N3CCC(C(F)(F)F)n4nc(C)cc43)c2)c1. The fraction of sp³-hybridized carbons (Fsp3) is 0.333. The van der Waals surface area contributed by atoms with Gasteiger partial charge in [0.25, 0.3) is 5.91 Å². The number of methoxy groups -OCH3 is 1. The standard InChI is InChI=1S/C21H20F3N3O3S/c1-13-8-19-26(7-6-18(21(22,23)24)27(19)25-13)20(28)17-9-14(12-31-17)11-30-16-5-3-4-15(10-16)29-2/h3-5,8-10,12,18H,6-7,11H2,1-2H3. The van der Waals surface area contributed by atoms with Crippen molar-refractivity contribution in [1.29, 1.82) is 0 Å². The minimum atomic E-state index is -4.42. The van der Waals surface area contributed by atoms with Crippen LogP contribution in [0.3, 0.4) is 0 Å². The molecule has 0 saturated carbocycles. The average Bonchev–Trinajstić information content (AvgIpc) is 3.36. The second kappa shape index (κ2) is 8.26. The maximum Gasteiger partial charge on any atom is 0.410 e. The average molecular weight is 451 g/mol. The first kappa shape index (κ1) is 21.2. The van der Waals surface area contributed by atoms with Crippen molar-refractivity contribution in [3.05, 3.63) is 57.9 Å². The first-order chi connectivity index (χ1) is 14.8. The molecule has 6 nitrogen and oxygen atoms in total. The van der Waals surface area contributed by atoms with Crippen LogP contribution in [0.2, 0.25) is 0 Å². The minimum absolute atomic E-state index is 0.0261. The lowest BCUT2D eigenvalue weighted by Crippen LogP contribution is -2.42. The molecule has 3 heterocycles. The monoisotopic (exact) mass is 451 g/mol. The number of alkyl halides is 3. The Balaban J connectivity index is 1.49. The first-order valence-corrected chi connectivity index (χ1v) is 10.4. The quantitative estimate of drug-likeness (QED) is 0.548. The van der Waals surface area contributed by atoms with Gasteiger partial charge in [0, 0.05) is 24.2 Å². The second-order valence-corrected chi connectivity index (χ2v) is 8.09. The molecule has 0 aliphatic carbocycles. The fourth-order valence-electron chi connectivity index (χ4n) is 3.48. The lowest BCUT2D eigenvalue weighted by molar-refractivity contribution is -0.172. The Morgan fingerprint density at radius 2 is 2.03 bits per heavy atom. The smallest absolute Gasteiger partial charge is 0.410 e. The molecule has 1 aliphatic rings. The second-order valence-electron chi connectivity index (χ2n) is 7.18. The van der Waals surface area contributed by atoms with Crippen molar-refractivity contribution >= 4 is 23.1 Å². The zero-order valence-electron chi connectivity index (χ0n) is 16.8. The van der Waals surface area contributed by atoms with Gasteiger partial charge in [-0.25, -0.2) is 4.68 Å². The number of thiophene rings is 1. The summed E-state index contributed by atoms with van der Waals surface area (Å²) in [5.41, 5.74) is 1.23. The number of ether oxygens (including phenoxy) is 2. The third-order valence-corrected chi connectivity index (χ3v) is 5.94. The van der Waals surface area contributed by atoms with Crippen LogP contribution in [0.15, 0.2) is 41.8 Å². The molecule has 31 heavy (non-hydrogen) atoms. The molecule has 2 aromatic heterocycles. The van der Waals surface area contributed by atoms with Gasteiger partial charge in [0.05, 0.1) is 17.7 Å². The number of nitrogens with zero attached hydrogens (tertiary/aromatic N) is 3. The summed E-state index contributed by atoms with van der Waals surface area (Å²) in [6.45, 7) is 1.84. The van der Waals surface area contributed by atoms with E-state index in [1.54, 1.807) is 37.6 Å². The van der Waals surface area contributed by atoms with Crippen molar-refractivity contribution < 1.29 is 27.4 Å². The number of aryl methyl sites for hydroxylation is 1. The highest BCUT2D eigenvalue weighted by molar-refractivity contribution is 7.12. The normalized spacial score (nSPS) is 16.2. The summed E-state index contributed by atoms with van der Waals surface area (Å²) in [6.07, 6.45) is -4.66. The molecule has 0 saturated heterocycles. The van der Waals surface area contributed by atoms with E-state index in [9.17, 15) is 18.0 Å². The topological polar surface area (TPSA) is 56.6 Å². The molecular formula is C21H20F3N3O3S. The third kappa shape index (κ3) is 4.39. The number of halogens is 3. The zero-order chi connectivity index (χ0) is 22.2. The van der Waals surface area contributed by atoms with Gasteiger partial charge in [-0.1, -0.05) is 6.07 Å². The zero-order valence-corrected chi connectivity index (χ0v) is 17.7. The van der Waals surface area contributed by atoms with Gasteiger partial charge in [0.2, 0.25) is 0 Å². The van der Waals surface area contributed by atoms with Crippen molar-refractivity contribution in [3.8, 4) is 11.5 Å². The number of anilines is 1. The van der Waals surface area contributed by atoms with Crippen LogP contribution in [0.5, 0.6) is 11.5 Å². The van der Waals surface area contributed by atoms with E-state index in [4.69, 9.17) is 9.47 Å². The maximum absolute atomic E-state index is 13.4. The van der Waals surface area contributed by atoms with E-state index in [-0.39, 0.29) is 31.3 Å². The van der Waals surface area contributed by atoms with Crippen LogP contribution in [0, 0.1) is 6.92 Å². The summed E-state index contributed by atoms with van der Waals surface area (Å²) in [7, 11) is 1.57. The summed E-state index contributed by atoms with van der Waals surface area (Å²) >= 11 is 1.23. The number of benzene rings is 1. The Hall–Kier alpha value is -3.01. The number of rotatable bonds is 5. The molecule has 1 atom stereocenters. The Bertz CT molecular complexity index is 1090. The predicted molar refractivity (Wildman–Crippen MR) is 110 cm³/mol. The number of hydrogen-bond acceptors (Lipinski definition) is 5. The number of aromatic nitrogens is 2. The number of fused-ring (bicyclic) bond motifs is 1. The van der Waals surface area contributed by atoms with E-state index < -0.39 is 12.2 Å². The molecule has 1 amide bonds.